The molecule has 1 aromatic carbocycles. The first-order valence-electron chi connectivity index (χ1n) is 11.7. The molecule has 3 aliphatic rings. The quantitative estimate of drug-likeness (QED) is 0.478. The highest BCUT2D eigenvalue weighted by Crippen LogP contribution is 2.48. The highest BCUT2D eigenvalue weighted by atomic mass is 16.5. The predicted octanol–water partition coefficient (Wildman–Crippen LogP) is 2.43. The Balaban J connectivity index is 1.08. The van der Waals surface area contributed by atoms with Crippen LogP contribution in [0, 0.1) is 5.92 Å². The van der Waals surface area contributed by atoms with E-state index >= 15 is 0 Å². The lowest BCUT2D eigenvalue weighted by Gasteiger charge is -2.32. The van der Waals surface area contributed by atoms with Crippen LogP contribution in [-0.4, -0.2) is 41.8 Å². The number of anilines is 1. The third kappa shape index (κ3) is 2.94. The van der Waals surface area contributed by atoms with E-state index in [2.05, 4.69) is 43.2 Å². The zero-order valence-electron chi connectivity index (χ0n) is 18.5. The Bertz CT molecular complexity index is 1430. The van der Waals surface area contributed by atoms with Gasteiger partial charge in [-0.1, -0.05) is 11.2 Å². The Morgan fingerprint density at radius 2 is 2.00 bits per heavy atom. The van der Waals surface area contributed by atoms with E-state index in [1.165, 1.54) is 53.4 Å². The topological polar surface area (TPSA) is 94.9 Å². The fourth-order valence-electron chi connectivity index (χ4n) is 6.14. The van der Waals surface area contributed by atoms with Gasteiger partial charge in [0.05, 0.1) is 6.33 Å². The molecular weight excluding hydrogens is 418 g/mol. The molecule has 7 rings (SSSR count). The molecule has 0 spiro atoms. The molecule has 4 aromatic rings. The van der Waals surface area contributed by atoms with Gasteiger partial charge in [-0.15, -0.1) is 0 Å². The molecule has 0 radical (unpaired) electrons. The maximum Gasteiger partial charge on any atom is 0.280 e. The van der Waals surface area contributed by atoms with Gasteiger partial charge in [0.25, 0.3) is 5.56 Å². The Kier molecular flexibility index (Phi) is 4.04. The Morgan fingerprint density at radius 3 is 2.88 bits per heavy atom. The SMILES string of the molecule is Cn1cnc2ncn(Cc3nc([C@@H]4CC5CC4CN5c4ccc5c(c4)CCC5)no3)c(=O)c21. The van der Waals surface area contributed by atoms with Gasteiger partial charge in [0.2, 0.25) is 5.89 Å². The van der Waals surface area contributed by atoms with Crippen molar-refractivity contribution >= 4 is 16.9 Å². The van der Waals surface area contributed by atoms with Crippen LogP contribution in [0.2, 0.25) is 0 Å². The third-order valence-electron chi connectivity index (χ3n) is 7.78. The maximum atomic E-state index is 12.8. The number of benzene rings is 1. The van der Waals surface area contributed by atoms with Gasteiger partial charge in [-0.2, -0.15) is 4.98 Å². The molecule has 9 heteroatoms. The molecule has 4 heterocycles. The minimum Gasteiger partial charge on any atom is -0.368 e. The fourth-order valence-corrected chi connectivity index (χ4v) is 6.14. The number of rotatable bonds is 4. The monoisotopic (exact) mass is 443 g/mol. The minimum absolute atomic E-state index is 0.162. The second-order valence-corrected chi connectivity index (χ2v) is 9.70. The highest BCUT2D eigenvalue weighted by molar-refractivity contribution is 5.68. The summed E-state index contributed by atoms with van der Waals surface area (Å²) < 4.78 is 8.73. The summed E-state index contributed by atoms with van der Waals surface area (Å²) in [5.41, 5.74) is 5.18. The molecule has 9 nitrogen and oxygen atoms in total. The molecule has 33 heavy (non-hydrogen) atoms. The van der Waals surface area contributed by atoms with E-state index in [1.807, 2.05) is 0 Å². The molecule has 168 valence electrons. The maximum absolute atomic E-state index is 12.8. The summed E-state index contributed by atoms with van der Waals surface area (Å²) >= 11 is 0. The van der Waals surface area contributed by atoms with E-state index < -0.39 is 0 Å². The molecule has 1 saturated carbocycles. The van der Waals surface area contributed by atoms with Crippen LogP contribution in [0.15, 0.2) is 40.2 Å². The van der Waals surface area contributed by atoms with Crippen LogP contribution < -0.4 is 10.5 Å². The van der Waals surface area contributed by atoms with Crippen molar-refractivity contribution in [2.75, 3.05) is 11.4 Å². The van der Waals surface area contributed by atoms with Crippen molar-refractivity contribution in [3.05, 3.63) is 64.0 Å². The zero-order valence-corrected chi connectivity index (χ0v) is 18.5. The standard InChI is InChI=1S/C24H25N7O2/c1-29-12-25-23-21(29)24(32)30(13-26-23)11-20-27-22(28-33-20)19-9-18-8-16(19)10-31(18)17-6-5-14-3-2-4-15(14)7-17/h5-7,12-13,16,18-19H,2-4,8-11H2,1H3/t16?,18?,19-/m1/s1. The Morgan fingerprint density at radius 1 is 1.12 bits per heavy atom. The van der Waals surface area contributed by atoms with Gasteiger partial charge in [-0.25, -0.2) is 9.97 Å². The first kappa shape index (κ1) is 19.0. The van der Waals surface area contributed by atoms with E-state index in [-0.39, 0.29) is 12.1 Å². The summed E-state index contributed by atoms with van der Waals surface area (Å²) in [6, 6.07) is 7.57. The van der Waals surface area contributed by atoms with Gasteiger partial charge in [-0.3, -0.25) is 9.36 Å². The van der Waals surface area contributed by atoms with Crippen molar-refractivity contribution in [2.45, 2.75) is 50.6 Å². The van der Waals surface area contributed by atoms with Crippen molar-refractivity contribution in [1.82, 2.24) is 29.2 Å². The molecule has 1 saturated heterocycles. The summed E-state index contributed by atoms with van der Waals surface area (Å²) in [5, 5.41) is 4.30. The number of hydrogen-bond donors (Lipinski definition) is 0. The summed E-state index contributed by atoms with van der Waals surface area (Å²) in [5.74, 6) is 2.05. The highest BCUT2D eigenvalue weighted by Gasteiger charge is 2.47. The van der Waals surface area contributed by atoms with E-state index in [1.54, 1.807) is 17.9 Å². The van der Waals surface area contributed by atoms with Gasteiger partial charge < -0.3 is 14.0 Å². The summed E-state index contributed by atoms with van der Waals surface area (Å²) in [6.07, 6.45) is 9.02. The molecule has 3 atom stereocenters. The zero-order chi connectivity index (χ0) is 22.1. The number of aryl methyl sites for hydroxylation is 3. The van der Waals surface area contributed by atoms with E-state index in [0.717, 1.165) is 18.8 Å². The normalized spacial score (nSPS) is 23.7. The first-order valence-corrected chi connectivity index (χ1v) is 11.7. The third-order valence-corrected chi connectivity index (χ3v) is 7.78. The van der Waals surface area contributed by atoms with Gasteiger partial charge in [0, 0.05) is 31.2 Å². The van der Waals surface area contributed by atoms with Crippen molar-refractivity contribution < 1.29 is 4.52 Å². The number of nitrogens with zero attached hydrogens (tertiary/aromatic N) is 7. The number of aromatic nitrogens is 6. The lowest BCUT2D eigenvalue weighted by atomic mass is 9.93. The second kappa shape index (κ2) is 7.00. The molecule has 2 bridgehead atoms. The van der Waals surface area contributed by atoms with Crippen molar-refractivity contribution in [1.29, 1.82) is 0 Å². The number of piperidine rings is 1. The molecule has 1 aliphatic heterocycles. The summed E-state index contributed by atoms with van der Waals surface area (Å²) in [4.78, 5) is 28.4. The molecule has 0 N–H and O–H groups in total. The van der Waals surface area contributed by atoms with Crippen molar-refractivity contribution in [2.24, 2.45) is 13.0 Å². The smallest absolute Gasteiger partial charge is 0.280 e. The van der Waals surface area contributed by atoms with Crippen molar-refractivity contribution in [3.63, 3.8) is 0 Å². The predicted molar refractivity (Wildman–Crippen MR) is 121 cm³/mol. The largest absolute Gasteiger partial charge is 0.368 e. The number of fused-ring (bicyclic) bond motifs is 4. The molecular formula is C24H25N7O2. The molecule has 2 fully saturated rings. The lowest BCUT2D eigenvalue weighted by molar-refractivity contribution is 0.353. The fraction of sp³-hybridized carbons (Fsp3) is 0.458. The molecule has 3 aromatic heterocycles. The van der Waals surface area contributed by atoms with Crippen LogP contribution in [0.3, 0.4) is 0 Å². The Hall–Kier alpha value is -3.49. The molecule has 2 aliphatic carbocycles. The van der Waals surface area contributed by atoms with Crippen molar-refractivity contribution in [3.8, 4) is 0 Å². The van der Waals surface area contributed by atoms with Crippen LogP contribution in [0.4, 0.5) is 5.69 Å². The average Bonchev–Trinajstić information content (AvgIpc) is 3.63. The Labute approximate surface area is 190 Å². The second-order valence-electron chi connectivity index (χ2n) is 9.70. The number of hydrogen-bond acceptors (Lipinski definition) is 7. The van der Waals surface area contributed by atoms with Gasteiger partial charge in [0.15, 0.2) is 17.0 Å². The van der Waals surface area contributed by atoms with Crippen LogP contribution >= 0.6 is 0 Å². The van der Waals surface area contributed by atoms with Crippen LogP contribution in [0.1, 0.15) is 48.0 Å². The van der Waals surface area contributed by atoms with Gasteiger partial charge >= 0.3 is 0 Å². The molecule has 0 amide bonds. The lowest BCUT2D eigenvalue weighted by Crippen LogP contribution is -2.35. The molecule has 2 unspecified atom stereocenters. The summed E-state index contributed by atoms with van der Waals surface area (Å²) in [6.45, 7) is 1.25. The minimum atomic E-state index is -0.162. The van der Waals surface area contributed by atoms with E-state index in [4.69, 9.17) is 4.52 Å². The van der Waals surface area contributed by atoms with E-state index in [9.17, 15) is 4.79 Å². The first-order chi connectivity index (χ1) is 16.1. The average molecular weight is 444 g/mol. The van der Waals surface area contributed by atoms with Gasteiger partial charge in [0.1, 0.15) is 12.9 Å². The van der Waals surface area contributed by atoms with Gasteiger partial charge in [-0.05, 0) is 61.3 Å². The number of imidazole rings is 1. The van der Waals surface area contributed by atoms with E-state index in [0.29, 0.717) is 34.9 Å². The van der Waals surface area contributed by atoms with Crippen LogP contribution in [-0.2, 0) is 26.4 Å². The summed E-state index contributed by atoms with van der Waals surface area (Å²) in [7, 11) is 1.79. The van der Waals surface area contributed by atoms with Crippen LogP contribution in [0.25, 0.3) is 11.2 Å². The van der Waals surface area contributed by atoms with Crippen LogP contribution in [0.5, 0.6) is 0 Å².